The van der Waals surface area contributed by atoms with E-state index in [0.29, 0.717) is 11.8 Å². The summed E-state index contributed by atoms with van der Waals surface area (Å²) in [4.78, 5) is 11.0. The number of hydrogen-bond donors (Lipinski definition) is 1. The third-order valence-electron chi connectivity index (χ3n) is 4.14. The summed E-state index contributed by atoms with van der Waals surface area (Å²) in [6.45, 7) is 0.773. The van der Waals surface area contributed by atoms with Gasteiger partial charge in [-0.2, -0.15) is 0 Å². The number of hydrogen-bond acceptors (Lipinski definition) is 2. The highest BCUT2D eigenvalue weighted by atomic mass is 79.9. The molecule has 1 aromatic carbocycles. The van der Waals surface area contributed by atoms with Crippen LogP contribution in [0.3, 0.4) is 0 Å². The Morgan fingerprint density at radius 3 is 2.70 bits per heavy atom. The fourth-order valence-corrected chi connectivity index (χ4v) is 2.96. The van der Waals surface area contributed by atoms with Gasteiger partial charge in [-0.25, -0.2) is 0 Å². The second-order valence-corrected chi connectivity index (χ2v) is 6.84. The maximum absolute atomic E-state index is 11.0. The molecule has 1 unspecified atom stereocenters. The van der Waals surface area contributed by atoms with Crippen LogP contribution in [0.15, 0.2) is 22.7 Å². The maximum Gasteiger partial charge on any atom is 0.303 e. The van der Waals surface area contributed by atoms with E-state index < -0.39 is 5.97 Å². The summed E-state index contributed by atoms with van der Waals surface area (Å²) in [5.74, 6) is 1.51. The quantitative estimate of drug-likeness (QED) is 0.810. The minimum absolute atomic E-state index is 0.129. The van der Waals surface area contributed by atoms with Gasteiger partial charge in [0.15, 0.2) is 0 Å². The van der Waals surface area contributed by atoms with Crippen LogP contribution in [-0.2, 0) is 4.79 Å². The molecule has 0 bridgehead atoms. The average Bonchev–Trinajstić information content (AvgIpc) is 3.27. The van der Waals surface area contributed by atoms with Gasteiger partial charge in [0.05, 0.1) is 17.5 Å². The monoisotopic (exact) mass is 338 g/mol. The lowest BCUT2D eigenvalue weighted by Crippen LogP contribution is -2.09. The van der Waals surface area contributed by atoms with E-state index in [9.17, 15) is 4.79 Å². The molecule has 2 fully saturated rings. The summed E-state index contributed by atoms with van der Waals surface area (Å²) in [6.07, 6.45) is 5.04. The zero-order chi connectivity index (χ0) is 14.1. The van der Waals surface area contributed by atoms with Gasteiger partial charge in [0.1, 0.15) is 5.75 Å². The molecule has 20 heavy (non-hydrogen) atoms. The molecule has 108 valence electrons. The zero-order valence-corrected chi connectivity index (χ0v) is 12.9. The number of carboxylic acid groups (broad SMARTS) is 1. The first kappa shape index (κ1) is 13.9. The third-order valence-corrected chi connectivity index (χ3v) is 4.80. The molecule has 4 heteroatoms. The van der Waals surface area contributed by atoms with Crippen molar-refractivity contribution in [3.05, 3.63) is 28.2 Å². The molecule has 1 atom stereocenters. The number of carboxylic acids is 1. The molecule has 0 amide bonds. The van der Waals surface area contributed by atoms with Crippen LogP contribution in [-0.4, -0.2) is 17.7 Å². The summed E-state index contributed by atoms with van der Waals surface area (Å²) in [5.41, 5.74) is 1.10. The molecular formula is C16H19BrO3. The summed E-state index contributed by atoms with van der Waals surface area (Å²) in [5, 5.41) is 9.09. The van der Waals surface area contributed by atoms with Crippen molar-refractivity contribution in [3.63, 3.8) is 0 Å². The van der Waals surface area contributed by atoms with Crippen LogP contribution in [0, 0.1) is 11.8 Å². The van der Waals surface area contributed by atoms with Crippen LogP contribution in [0.5, 0.6) is 5.75 Å². The van der Waals surface area contributed by atoms with E-state index in [1.54, 1.807) is 0 Å². The van der Waals surface area contributed by atoms with Crippen LogP contribution >= 0.6 is 15.9 Å². The topological polar surface area (TPSA) is 46.5 Å². The van der Waals surface area contributed by atoms with Crippen molar-refractivity contribution in [1.82, 2.24) is 0 Å². The van der Waals surface area contributed by atoms with Crippen LogP contribution in [0.1, 0.15) is 43.6 Å². The SMILES string of the molecule is O=C(O)CC(c1ccc(Br)c(OCC2CC2)c1)C1CC1. The Balaban J connectivity index is 1.76. The van der Waals surface area contributed by atoms with Gasteiger partial charge in [-0.3, -0.25) is 4.79 Å². The summed E-state index contributed by atoms with van der Waals surface area (Å²) < 4.78 is 6.81. The predicted octanol–water partition coefficient (Wildman–Crippen LogP) is 4.21. The summed E-state index contributed by atoms with van der Waals surface area (Å²) in [6, 6.07) is 6.03. The normalized spacial score (nSPS) is 19.6. The van der Waals surface area contributed by atoms with Crippen molar-refractivity contribution < 1.29 is 14.6 Å². The van der Waals surface area contributed by atoms with Crippen LogP contribution in [0.25, 0.3) is 0 Å². The van der Waals surface area contributed by atoms with Gasteiger partial charge in [0.2, 0.25) is 0 Å². The lowest BCUT2D eigenvalue weighted by molar-refractivity contribution is -0.137. The number of benzene rings is 1. The number of rotatable bonds is 7. The van der Waals surface area contributed by atoms with Crippen molar-refractivity contribution in [1.29, 1.82) is 0 Å². The van der Waals surface area contributed by atoms with Gasteiger partial charge in [0, 0.05) is 0 Å². The van der Waals surface area contributed by atoms with E-state index in [0.717, 1.165) is 35.2 Å². The average molecular weight is 339 g/mol. The van der Waals surface area contributed by atoms with Crippen LogP contribution in [0.2, 0.25) is 0 Å². The highest BCUT2D eigenvalue weighted by Crippen LogP contribution is 2.45. The highest BCUT2D eigenvalue weighted by molar-refractivity contribution is 9.10. The number of ether oxygens (including phenoxy) is 1. The van der Waals surface area contributed by atoms with Gasteiger partial charge in [0.25, 0.3) is 0 Å². The number of halogens is 1. The molecule has 0 aliphatic heterocycles. The van der Waals surface area contributed by atoms with Gasteiger partial charge < -0.3 is 9.84 Å². The first-order chi connectivity index (χ1) is 9.63. The van der Waals surface area contributed by atoms with Gasteiger partial charge >= 0.3 is 5.97 Å². The van der Waals surface area contributed by atoms with E-state index in [1.165, 1.54) is 12.8 Å². The maximum atomic E-state index is 11.0. The Morgan fingerprint density at radius 1 is 1.35 bits per heavy atom. The van der Waals surface area contributed by atoms with Gasteiger partial charge in [-0.1, -0.05) is 6.07 Å². The molecular weight excluding hydrogens is 320 g/mol. The molecule has 0 heterocycles. The van der Waals surface area contributed by atoms with Crippen LogP contribution < -0.4 is 4.74 Å². The fourth-order valence-electron chi connectivity index (χ4n) is 2.60. The Kier molecular flexibility index (Phi) is 4.01. The highest BCUT2D eigenvalue weighted by Gasteiger charge is 2.34. The summed E-state index contributed by atoms with van der Waals surface area (Å²) in [7, 11) is 0. The fraction of sp³-hybridized carbons (Fsp3) is 0.562. The Hall–Kier alpha value is -1.03. The van der Waals surface area contributed by atoms with E-state index >= 15 is 0 Å². The van der Waals surface area contributed by atoms with Crippen molar-refractivity contribution in [2.45, 2.75) is 38.0 Å². The first-order valence-electron chi connectivity index (χ1n) is 7.27. The molecule has 0 aromatic heterocycles. The summed E-state index contributed by atoms with van der Waals surface area (Å²) >= 11 is 3.51. The van der Waals surface area contributed by atoms with E-state index in [-0.39, 0.29) is 12.3 Å². The third kappa shape index (κ3) is 3.54. The Morgan fingerprint density at radius 2 is 2.10 bits per heavy atom. The van der Waals surface area contributed by atoms with Crippen molar-refractivity contribution in [2.75, 3.05) is 6.61 Å². The van der Waals surface area contributed by atoms with Crippen LogP contribution in [0.4, 0.5) is 0 Å². The van der Waals surface area contributed by atoms with E-state index in [2.05, 4.69) is 15.9 Å². The van der Waals surface area contributed by atoms with Crippen molar-refractivity contribution >= 4 is 21.9 Å². The molecule has 0 saturated heterocycles. The molecule has 3 nitrogen and oxygen atoms in total. The minimum atomic E-state index is -0.717. The number of carbonyl (C=O) groups is 1. The lowest BCUT2D eigenvalue weighted by Gasteiger charge is -2.17. The molecule has 0 radical (unpaired) electrons. The Labute approximate surface area is 127 Å². The molecule has 3 rings (SSSR count). The Bertz CT molecular complexity index is 506. The van der Waals surface area contributed by atoms with Gasteiger partial charge in [-0.05, 0) is 77.1 Å². The molecule has 1 N–H and O–H groups in total. The molecule has 0 spiro atoms. The largest absolute Gasteiger partial charge is 0.492 e. The standard InChI is InChI=1S/C16H19BrO3/c17-14-6-5-12(7-15(14)20-9-10-1-2-10)13(8-16(18)19)11-3-4-11/h5-7,10-11,13H,1-4,8-9H2,(H,18,19). The molecule has 2 aliphatic rings. The van der Waals surface area contributed by atoms with E-state index in [1.807, 2.05) is 18.2 Å². The number of aliphatic carboxylic acids is 1. The van der Waals surface area contributed by atoms with Gasteiger partial charge in [-0.15, -0.1) is 0 Å². The van der Waals surface area contributed by atoms with Crippen molar-refractivity contribution in [2.24, 2.45) is 11.8 Å². The molecule has 2 saturated carbocycles. The predicted molar refractivity (Wildman–Crippen MR) is 80.1 cm³/mol. The first-order valence-corrected chi connectivity index (χ1v) is 8.07. The van der Waals surface area contributed by atoms with Crippen molar-refractivity contribution in [3.8, 4) is 5.75 Å². The smallest absolute Gasteiger partial charge is 0.303 e. The zero-order valence-electron chi connectivity index (χ0n) is 11.3. The molecule has 1 aromatic rings. The lowest BCUT2D eigenvalue weighted by atomic mass is 9.91. The molecule has 2 aliphatic carbocycles. The second kappa shape index (κ2) is 5.76. The van der Waals surface area contributed by atoms with E-state index in [4.69, 9.17) is 9.84 Å². The second-order valence-electron chi connectivity index (χ2n) is 5.99. The minimum Gasteiger partial charge on any atom is -0.492 e.